The highest BCUT2D eigenvalue weighted by Gasteiger charge is 2.10. The molecule has 0 saturated carbocycles. The Labute approximate surface area is 146 Å². The molecule has 3 aromatic heterocycles. The molecule has 0 aliphatic carbocycles. The molecule has 1 aromatic carbocycles. The summed E-state index contributed by atoms with van der Waals surface area (Å²) in [5.74, 6) is 0.283. The maximum atomic E-state index is 12.4. The number of carbonyl (C=O) groups excluding carboxylic acids is 1. The fourth-order valence-electron chi connectivity index (χ4n) is 2.47. The maximum absolute atomic E-state index is 12.4. The molecule has 9 nitrogen and oxygen atoms in total. The van der Waals surface area contributed by atoms with Crippen LogP contribution in [0, 0.1) is 0 Å². The first kappa shape index (κ1) is 15.6. The van der Waals surface area contributed by atoms with Crippen molar-refractivity contribution in [2.24, 2.45) is 0 Å². The van der Waals surface area contributed by atoms with Gasteiger partial charge in [0.15, 0.2) is 0 Å². The monoisotopic (exact) mass is 347 g/mol. The highest BCUT2D eigenvalue weighted by molar-refractivity contribution is 5.90. The summed E-state index contributed by atoms with van der Waals surface area (Å²) in [4.78, 5) is 32.8. The molecule has 1 amide bonds. The van der Waals surface area contributed by atoms with E-state index in [0.29, 0.717) is 22.4 Å². The van der Waals surface area contributed by atoms with Crippen LogP contribution in [-0.2, 0) is 11.3 Å². The van der Waals surface area contributed by atoms with Crippen molar-refractivity contribution in [3.8, 4) is 5.82 Å². The molecule has 0 aliphatic rings. The van der Waals surface area contributed by atoms with Gasteiger partial charge in [0.05, 0.1) is 17.3 Å². The zero-order valence-electron chi connectivity index (χ0n) is 13.5. The number of rotatable bonds is 4. The Morgan fingerprint density at radius 3 is 2.81 bits per heavy atom. The van der Waals surface area contributed by atoms with Crippen LogP contribution in [0.25, 0.3) is 16.7 Å². The molecule has 1 N–H and O–H groups in total. The largest absolute Gasteiger partial charge is 0.323 e. The average Bonchev–Trinajstić information content (AvgIpc) is 3.20. The number of benzene rings is 1. The van der Waals surface area contributed by atoms with Gasteiger partial charge >= 0.3 is 0 Å². The van der Waals surface area contributed by atoms with E-state index in [9.17, 15) is 9.59 Å². The van der Waals surface area contributed by atoms with Crippen molar-refractivity contribution >= 4 is 22.5 Å². The van der Waals surface area contributed by atoms with Crippen LogP contribution in [0.15, 0.2) is 66.1 Å². The minimum Gasteiger partial charge on any atom is -0.323 e. The van der Waals surface area contributed by atoms with Crippen LogP contribution in [0.2, 0.25) is 0 Å². The maximum Gasteiger partial charge on any atom is 0.278 e. The van der Waals surface area contributed by atoms with Crippen LogP contribution in [0.3, 0.4) is 0 Å². The van der Waals surface area contributed by atoms with E-state index in [1.807, 2.05) is 0 Å². The van der Waals surface area contributed by atoms with Gasteiger partial charge in [-0.1, -0.05) is 17.3 Å². The van der Waals surface area contributed by atoms with Gasteiger partial charge in [-0.25, -0.2) is 14.6 Å². The molecule has 26 heavy (non-hydrogen) atoms. The molecule has 0 unspecified atom stereocenters. The number of fused-ring (bicyclic) bond motifs is 1. The Morgan fingerprint density at radius 1 is 1.15 bits per heavy atom. The van der Waals surface area contributed by atoms with E-state index < -0.39 is 5.91 Å². The Bertz CT molecular complexity index is 1120. The predicted molar refractivity (Wildman–Crippen MR) is 93.8 cm³/mol. The van der Waals surface area contributed by atoms with Crippen LogP contribution in [-0.4, -0.2) is 35.4 Å². The second-order valence-corrected chi connectivity index (χ2v) is 5.49. The normalized spacial score (nSPS) is 10.8. The van der Waals surface area contributed by atoms with Crippen molar-refractivity contribution in [3.05, 3.63) is 71.7 Å². The van der Waals surface area contributed by atoms with Gasteiger partial charge in [0.25, 0.3) is 5.56 Å². The predicted octanol–water partition coefficient (Wildman–Crippen LogP) is 1.01. The lowest BCUT2D eigenvalue weighted by Gasteiger charge is -2.07. The lowest BCUT2D eigenvalue weighted by Crippen LogP contribution is -2.30. The standard InChI is InChI=1S/C17H13N7O2/c25-16(10-24-17(26)13-3-1-2-4-14(13)21-22-24)20-12-5-6-15(19-9-12)23-8-7-18-11-23/h1-9,11H,10H2,(H,20,25). The van der Waals surface area contributed by atoms with Crippen LogP contribution in [0.1, 0.15) is 0 Å². The van der Waals surface area contributed by atoms with E-state index in [1.165, 1.54) is 6.20 Å². The number of aromatic nitrogens is 6. The van der Waals surface area contributed by atoms with Gasteiger partial charge in [0.2, 0.25) is 5.91 Å². The molecule has 0 saturated heterocycles. The number of nitrogens with zero attached hydrogens (tertiary/aromatic N) is 6. The zero-order valence-corrected chi connectivity index (χ0v) is 13.5. The first-order valence-corrected chi connectivity index (χ1v) is 7.77. The molecule has 9 heteroatoms. The van der Waals surface area contributed by atoms with E-state index in [0.717, 1.165) is 4.68 Å². The van der Waals surface area contributed by atoms with Gasteiger partial charge in [-0.05, 0) is 24.3 Å². The van der Waals surface area contributed by atoms with Crippen LogP contribution in [0.5, 0.6) is 0 Å². The summed E-state index contributed by atoms with van der Waals surface area (Å²) < 4.78 is 2.78. The SMILES string of the molecule is O=C(Cn1nnc2ccccc2c1=O)Nc1ccc(-n2ccnc2)nc1. The number of hydrogen-bond donors (Lipinski definition) is 1. The number of imidazole rings is 1. The number of amides is 1. The van der Waals surface area contributed by atoms with E-state index >= 15 is 0 Å². The van der Waals surface area contributed by atoms with Gasteiger partial charge in [0.1, 0.15) is 24.2 Å². The Kier molecular flexibility index (Phi) is 3.94. The number of hydrogen-bond acceptors (Lipinski definition) is 6. The summed E-state index contributed by atoms with van der Waals surface area (Å²) in [7, 11) is 0. The summed E-state index contributed by atoms with van der Waals surface area (Å²) in [6, 6.07) is 10.3. The van der Waals surface area contributed by atoms with E-state index in [1.54, 1.807) is 59.7 Å². The van der Waals surface area contributed by atoms with Gasteiger partial charge < -0.3 is 5.32 Å². The zero-order chi connectivity index (χ0) is 17.9. The minimum atomic E-state index is -0.395. The number of anilines is 1. The van der Waals surface area contributed by atoms with Gasteiger partial charge in [-0.15, -0.1) is 5.10 Å². The number of nitrogens with one attached hydrogen (secondary N) is 1. The van der Waals surface area contributed by atoms with Crippen LogP contribution >= 0.6 is 0 Å². The molecular formula is C17H13N7O2. The van der Waals surface area contributed by atoms with Crippen molar-refractivity contribution in [2.45, 2.75) is 6.54 Å². The summed E-state index contributed by atoms with van der Waals surface area (Å²) in [6.07, 6.45) is 6.58. The molecule has 0 radical (unpaired) electrons. The van der Waals surface area contributed by atoms with Crippen LogP contribution < -0.4 is 10.9 Å². The minimum absolute atomic E-state index is 0.236. The Balaban J connectivity index is 1.49. The highest BCUT2D eigenvalue weighted by Crippen LogP contribution is 2.09. The van der Waals surface area contributed by atoms with Crippen molar-refractivity contribution < 1.29 is 4.79 Å². The van der Waals surface area contributed by atoms with Crippen molar-refractivity contribution in [1.82, 2.24) is 29.5 Å². The van der Waals surface area contributed by atoms with Gasteiger partial charge in [-0.3, -0.25) is 14.2 Å². The van der Waals surface area contributed by atoms with Gasteiger partial charge in [0, 0.05) is 12.4 Å². The molecule has 4 aromatic rings. The topological polar surface area (TPSA) is 108 Å². The van der Waals surface area contributed by atoms with E-state index in [4.69, 9.17) is 0 Å². The second kappa shape index (κ2) is 6.55. The van der Waals surface area contributed by atoms with Crippen molar-refractivity contribution in [2.75, 3.05) is 5.32 Å². The molecule has 4 rings (SSSR count). The average molecular weight is 347 g/mol. The lowest BCUT2D eigenvalue weighted by molar-refractivity contribution is -0.117. The van der Waals surface area contributed by atoms with Crippen molar-refractivity contribution in [1.29, 1.82) is 0 Å². The fraction of sp³-hybridized carbons (Fsp3) is 0.0588. The fourth-order valence-corrected chi connectivity index (χ4v) is 2.47. The Morgan fingerprint density at radius 2 is 2.04 bits per heavy atom. The first-order chi connectivity index (χ1) is 12.7. The second-order valence-electron chi connectivity index (χ2n) is 5.49. The van der Waals surface area contributed by atoms with Gasteiger partial charge in [-0.2, -0.15) is 0 Å². The number of carbonyl (C=O) groups is 1. The highest BCUT2D eigenvalue weighted by atomic mass is 16.2. The molecule has 0 atom stereocenters. The smallest absolute Gasteiger partial charge is 0.278 e. The van der Waals surface area contributed by atoms with Crippen LogP contribution in [0.4, 0.5) is 5.69 Å². The molecule has 0 fully saturated rings. The third-order valence-electron chi connectivity index (χ3n) is 3.72. The molecule has 0 aliphatic heterocycles. The summed E-state index contributed by atoms with van der Waals surface area (Å²) in [6.45, 7) is -0.236. The summed E-state index contributed by atoms with van der Waals surface area (Å²) >= 11 is 0. The number of pyridine rings is 1. The third kappa shape index (κ3) is 3.05. The molecule has 128 valence electrons. The molecule has 0 spiro atoms. The Hall–Kier alpha value is -3.88. The molecule has 0 bridgehead atoms. The lowest BCUT2D eigenvalue weighted by atomic mass is 10.2. The third-order valence-corrected chi connectivity index (χ3v) is 3.72. The van der Waals surface area contributed by atoms with E-state index in [-0.39, 0.29) is 12.1 Å². The summed E-state index contributed by atoms with van der Waals surface area (Å²) in [5.41, 5.74) is 0.647. The van der Waals surface area contributed by atoms with Crippen molar-refractivity contribution in [3.63, 3.8) is 0 Å². The quantitative estimate of drug-likeness (QED) is 0.590. The molecular weight excluding hydrogens is 334 g/mol. The summed E-state index contributed by atoms with van der Waals surface area (Å²) in [5, 5.41) is 10.9. The molecule has 3 heterocycles. The first-order valence-electron chi connectivity index (χ1n) is 7.77. The van der Waals surface area contributed by atoms with E-state index in [2.05, 4.69) is 25.6 Å².